The first kappa shape index (κ1) is 15.0. The molecule has 0 saturated carbocycles. The number of nitrogens with one attached hydrogen (secondary N) is 1. The molecule has 0 aliphatic heterocycles. The first-order chi connectivity index (χ1) is 9.27. The Balaban J connectivity index is 2.10. The van der Waals surface area contributed by atoms with E-state index in [2.05, 4.69) is 10.5 Å². The van der Waals surface area contributed by atoms with Gasteiger partial charge in [-0.1, -0.05) is 5.16 Å². The molecule has 0 aromatic carbocycles. The fourth-order valence-corrected chi connectivity index (χ4v) is 3.60. The van der Waals surface area contributed by atoms with Gasteiger partial charge in [-0.05, 0) is 26.0 Å². The molecule has 0 bridgehead atoms. The monoisotopic (exact) mass is 334 g/mol. The van der Waals surface area contributed by atoms with Crippen LogP contribution in [-0.4, -0.2) is 19.5 Å². The van der Waals surface area contributed by atoms with Crippen molar-refractivity contribution in [1.82, 2.24) is 10.5 Å². The van der Waals surface area contributed by atoms with Gasteiger partial charge in [0, 0.05) is 21.6 Å². The molecular formula is C11H11ClN2O4S2. The number of hydrogen-bond acceptors (Lipinski definition) is 6. The third-order valence-corrected chi connectivity index (χ3v) is 5.83. The highest BCUT2D eigenvalue weighted by Gasteiger charge is 2.19. The van der Waals surface area contributed by atoms with Crippen LogP contribution in [0.4, 0.5) is 0 Å². The summed E-state index contributed by atoms with van der Waals surface area (Å²) >= 11 is 1.01. The molecule has 0 saturated heterocycles. The number of hydrogen-bond donors (Lipinski definition) is 1. The second-order valence-corrected chi connectivity index (χ2v) is 8.03. The molecule has 2 rings (SSSR count). The van der Waals surface area contributed by atoms with Gasteiger partial charge in [0.15, 0.2) is 0 Å². The zero-order valence-electron chi connectivity index (χ0n) is 10.6. The number of aromatic nitrogens is 1. The van der Waals surface area contributed by atoms with Gasteiger partial charge in [-0.15, -0.1) is 11.3 Å². The van der Waals surface area contributed by atoms with Gasteiger partial charge in [-0.2, -0.15) is 0 Å². The molecule has 0 aliphatic carbocycles. The van der Waals surface area contributed by atoms with Crippen LogP contribution in [0, 0.1) is 6.92 Å². The molecule has 2 heterocycles. The number of halogens is 1. The van der Waals surface area contributed by atoms with Crippen molar-refractivity contribution in [2.45, 2.75) is 24.1 Å². The Morgan fingerprint density at radius 3 is 2.70 bits per heavy atom. The van der Waals surface area contributed by atoms with E-state index in [9.17, 15) is 13.2 Å². The smallest absolute Gasteiger partial charge is 0.290 e. The maximum absolute atomic E-state index is 11.9. The van der Waals surface area contributed by atoms with Gasteiger partial charge in [-0.25, -0.2) is 8.42 Å². The van der Waals surface area contributed by atoms with Crippen molar-refractivity contribution in [3.05, 3.63) is 34.5 Å². The van der Waals surface area contributed by atoms with Crippen molar-refractivity contribution in [2.24, 2.45) is 0 Å². The van der Waals surface area contributed by atoms with Gasteiger partial charge in [0.25, 0.3) is 15.0 Å². The van der Waals surface area contributed by atoms with E-state index in [1.165, 1.54) is 12.1 Å². The lowest BCUT2D eigenvalue weighted by atomic mass is 10.2. The van der Waals surface area contributed by atoms with Crippen LogP contribution in [0.1, 0.15) is 34.1 Å². The number of amides is 1. The highest BCUT2D eigenvalue weighted by molar-refractivity contribution is 8.15. The Hall–Kier alpha value is -1.38. The molecule has 1 unspecified atom stereocenters. The molecule has 0 aliphatic rings. The normalized spacial score (nSPS) is 13.2. The predicted octanol–water partition coefficient (Wildman–Crippen LogP) is 2.46. The summed E-state index contributed by atoms with van der Waals surface area (Å²) in [6.07, 6.45) is 0. The highest BCUT2D eigenvalue weighted by atomic mass is 35.7. The lowest BCUT2D eigenvalue weighted by Crippen LogP contribution is -2.25. The molecule has 2 aromatic rings. The van der Waals surface area contributed by atoms with Gasteiger partial charge in [0.1, 0.15) is 4.21 Å². The number of thiophene rings is 1. The molecule has 2 aromatic heterocycles. The van der Waals surface area contributed by atoms with Gasteiger partial charge in [-0.3, -0.25) is 4.79 Å². The van der Waals surface area contributed by atoms with Crippen LogP contribution in [0.15, 0.2) is 26.9 Å². The summed E-state index contributed by atoms with van der Waals surface area (Å²) in [4.78, 5) is 12.5. The minimum Gasteiger partial charge on any atom is -0.351 e. The summed E-state index contributed by atoms with van der Waals surface area (Å²) in [7, 11) is 1.51. The topological polar surface area (TPSA) is 89.3 Å². The van der Waals surface area contributed by atoms with Crippen LogP contribution < -0.4 is 5.32 Å². The van der Waals surface area contributed by atoms with Crippen LogP contribution in [0.3, 0.4) is 0 Å². The molecule has 0 fully saturated rings. The lowest BCUT2D eigenvalue weighted by Gasteiger charge is -2.10. The Kier molecular flexibility index (Phi) is 4.17. The van der Waals surface area contributed by atoms with Crippen molar-refractivity contribution >= 4 is 37.0 Å². The number of aryl methyl sites for hydroxylation is 1. The van der Waals surface area contributed by atoms with Crippen LogP contribution >= 0.6 is 22.0 Å². The average molecular weight is 335 g/mol. The average Bonchev–Trinajstić information content (AvgIpc) is 2.95. The summed E-state index contributed by atoms with van der Waals surface area (Å²) in [5.41, 5.74) is 0.606. The molecule has 20 heavy (non-hydrogen) atoms. The lowest BCUT2D eigenvalue weighted by molar-refractivity contribution is 0.0903. The molecule has 0 radical (unpaired) electrons. The molecule has 0 spiro atoms. The van der Waals surface area contributed by atoms with E-state index < -0.39 is 15.0 Å². The summed E-state index contributed by atoms with van der Waals surface area (Å²) in [6, 6.07) is 4.16. The van der Waals surface area contributed by atoms with Crippen molar-refractivity contribution < 1.29 is 17.7 Å². The summed E-state index contributed by atoms with van der Waals surface area (Å²) in [5.74, 6) is -0.308. The molecular weight excluding hydrogens is 324 g/mol. The first-order valence-corrected chi connectivity index (χ1v) is 8.68. The van der Waals surface area contributed by atoms with E-state index in [1.807, 2.05) is 0 Å². The minimum absolute atomic E-state index is 0.0470. The maximum Gasteiger partial charge on any atom is 0.290 e. The van der Waals surface area contributed by atoms with Crippen LogP contribution in [0.25, 0.3) is 0 Å². The molecule has 9 heteroatoms. The van der Waals surface area contributed by atoms with E-state index in [0.29, 0.717) is 10.6 Å². The van der Waals surface area contributed by atoms with Gasteiger partial charge >= 0.3 is 0 Å². The van der Waals surface area contributed by atoms with E-state index in [-0.39, 0.29) is 16.0 Å². The predicted molar refractivity (Wildman–Crippen MR) is 74.5 cm³/mol. The second-order valence-electron chi connectivity index (χ2n) is 4.12. The Bertz CT molecular complexity index is 735. The molecule has 1 atom stereocenters. The van der Waals surface area contributed by atoms with Crippen molar-refractivity contribution in [1.29, 1.82) is 0 Å². The van der Waals surface area contributed by atoms with E-state index in [1.54, 1.807) is 19.9 Å². The molecule has 108 valence electrons. The Labute approximate surface area is 124 Å². The van der Waals surface area contributed by atoms with Crippen LogP contribution in [-0.2, 0) is 9.05 Å². The summed E-state index contributed by atoms with van der Waals surface area (Å²) < 4.78 is 27.3. The first-order valence-electron chi connectivity index (χ1n) is 5.56. The third-order valence-electron chi connectivity index (χ3n) is 2.47. The number of nitrogens with zero attached hydrogens (tertiary/aromatic N) is 1. The quantitative estimate of drug-likeness (QED) is 0.867. The number of carbonyl (C=O) groups excluding carboxylic acids is 1. The Morgan fingerprint density at radius 2 is 2.20 bits per heavy atom. The van der Waals surface area contributed by atoms with Gasteiger partial charge in [0.05, 0.1) is 11.7 Å². The van der Waals surface area contributed by atoms with Crippen molar-refractivity contribution in [3.8, 4) is 0 Å². The summed E-state index contributed by atoms with van der Waals surface area (Å²) in [6.45, 7) is 3.44. The van der Waals surface area contributed by atoms with Crippen LogP contribution in [0.2, 0.25) is 0 Å². The van der Waals surface area contributed by atoms with Gasteiger partial charge in [0.2, 0.25) is 5.76 Å². The second kappa shape index (κ2) is 5.55. The SMILES string of the molecule is Cc1cc(C(=O)NC(C)c2ccc(S(=O)(=O)Cl)s2)on1. The molecule has 6 nitrogen and oxygen atoms in total. The largest absolute Gasteiger partial charge is 0.351 e. The van der Waals surface area contributed by atoms with E-state index >= 15 is 0 Å². The highest BCUT2D eigenvalue weighted by Crippen LogP contribution is 2.28. The molecule has 1 amide bonds. The van der Waals surface area contributed by atoms with Crippen molar-refractivity contribution in [2.75, 3.05) is 0 Å². The summed E-state index contributed by atoms with van der Waals surface area (Å²) in [5, 5.41) is 6.31. The maximum atomic E-state index is 11.9. The van der Waals surface area contributed by atoms with Crippen molar-refractivity contribution in [3.63, 3.8) is 0 Å². The number of rotatable bonds is 4. The van der Waals surface area contributed by atoms with Gasteiger partial charge < -0.3 is 9.84 Å². The molecule has 1 N–H and O–H groups in total. The number of carbonyl (C=O) groups is 1. The zero-order chi connectivity index (χ0) is 14.9. The van der Waals surface area contributed by atoms with E-state index in [4.69, 9.17) is 15.2 Å². The fraction of sp³-hybridized carbons (Fsp3) is 0.273. The standard InChI is InChI=1S/C11H11ClN2O4S2/c1-6-5-8(18-14-6)11(15)13-7(2)9-3-4-10(19-9)20(12,16)17/h3-5,7H,1-2H3,(H,13,15). The fourth-order valence-electron chi connectivity index (χ4n) is 1.51. The third kappa shape index (κ3) is 3.38. The minimum atomic E-state index is -3.74. The zero-order valence-corrected chi connectivity index (χ0v) is 13.0. The van der Waals surface area contributed by atoms with E-state index in [0.717, 1.165) is 11.3 Å². The van der Waals surface area contributed by atoms with Crippen LogP contribution in [0.5, 0.6) is 0 Å². The Morgan fingerprint density at radius 1 is 1.50 bits per heavy atom.